The van der Waals surface area contributed by atoms with Crippen molar-refractivity contribution in [3.63, 3.8) is 0 Å². The van der Waals surface area contributed by atoms with Crippen molar-refractivity contribution in [1.29, 1.82) is 0 Å². The number of carbonyl (C=O) groups excluding carboxylic acids is 1. The molecule has 0 aliphatic rings. The fourth-order valence-electron chi connectivity index (χ4n) is 3.09. The van der Waals surface area contributed by atoms with Crippen LogP contribution in [0.15, 0.2) is 48.5 Å². The Bertz CT molecular complexity index is 750. The van der Waals surface area contributed by atoms with Gasteiger partial charge in [-0.1, -0.05) is 30.3 Å². The van der Waals surface area contributed by atoms with Gasteiger partial charge >= 0.3 is 0 Å². The second-order valence-corrected chi connectivity index (χ2v) is 7.11. The smallest absolute Gasteiger partial charge is 0.226 e. The van der Waals surface area contributed by atoms with Crippen LogP contribution in [0.5, 0.6) is 11.5 Å². The lowest BCUT2D eigenvalue weighted by Gasteiger charge is -2.26. The summed E-state index contributed by atoms with van der Waals surface area (Å²) >= 11 is 0. The summed E-state index contributed by atoms with van der Waals surface area (Å²) in [5.74, 6) is 1.18. The van der Waals surface area contributed by atoms with Crippen molar-refractivity contribution in [2.45, 2.75) is 25.4 Å². The Kier molecular flexibility index (Phi) is 8.29. The van der Waals surface area contributed by atoms with E-state index >= 15 is 0 Å². The van der Waals surface area contributed by atoms with Crippen molar-refractivity contribution in [1.82, 2.24) is 10.2 Å². The highest BCUT2D eigenvalue weighted by molar-refractivity contribution is 5.92. The Hall–Kier alpha value is -2.57. The lowest BCUT2D eigenvalue weighted by atomic mass is 10.0. The van der Waals surface area contributed by atoms with Gasteiger partial charge in [-0.3, -0.25) is 4.79 Å². The largest absolute Gasteiger partial charge is 0.497 e. The van der Waals surface area contributed by atoms with Gasteiger partial charge in [0.1, 0.15) is 11.5 Å². The second-order valence-electron chi connectivity index (χ2n) is 7.11. The van der Waals surface area contributed by atoms with Gasteiger partial charge < -0.3 is 25.0 Å². The minimum Gasteiger partial charge on any atom is -0.497 e. The molecule has 0 aliphatic carbocycles. The fraction of sp³-hybridized carbons (Fsp3) is 0.409. The Morgan fingerprint density at radius 3 is 2.39 bits per heavy atom. The molecule has 2 aromatic carbocycles. The number of methoxy groups -OCH3 is 2. The zero-order chi connectivity index (χ0) is 20.5. The molecule has 6 nitrogen and oxygen atoms in total. The molecule has 152 valence electrons. The maximum absolute atomic E-state index is 12.5. The molecule has 2 rings (SSSR count). The van der Waals surface area contributed by atoms with Gasteiger partial charge in [-0.2, -0.15) is 0 Å². The van der Waals surface area contributed by atoms with Crippen LogP contribution in [0.4, 0.5) is 5.69 Å². The van der Waals surface area contributed by atoms with Crippen molar-refractivity contribution in [2.24, 2.45) is 0 Å². The molecule has 0 bridgehead atoms. The van der Waals surface area contributed by atoms with Crippen LogP contribution in [-0.2, 0) is 4.79 Å². The third kappa shape index (κ3) is 6.55. The molecule has 0 aliphatic heterocycles. The van der Waals surface area contributed by atoms with Gasteiger partial charge in [0.15, 0.2) is 0 Å². The SMILES string of the molecule is COc1ccc(NC(=O)CC(C)NC(CN(C)C)c2ccccc2)c(OC)c1. The third-order valence-corrected chi connectivity index (χ3v) is 4.41. The van der Waals surface area contributed by atoms with Crippen LogP contribution in [0.2, 0.25) is 0 Å². The molecule has 0 saturated carbocycles. The topological polar surface area (TPSA) is 62.8 Å². The molecule has 1 amide bonds. The summed E-state index contributed by atoms with van der Waals surface area (Å²) < 4.78 is 10.5. The summed E-state index contributed by atoms with van der Waals surface area (Å²) in [5.41, 5.74) is 1.84. The number of ether oxygens (including phenoxy) is 2. The summed E-state index contributed by atoms with van der Waals surface area (Å²) in [7, 11) is 7.26. The predicted octanol–water partition coefficient (Wildman–Crippen LogP) is 3.31. The number of hydrogen-bond acceptors (Lipinski definition) is 5. The zero-order valence-electron chi connectivity index (χ0n) is 17.4. The first-order valence-corrected chi connectivity index (χ1v) is 9.40. The molecule has 0 radical (unpaired) electrons. The second kappa shape index (κ2) is 10.7. The van der Waals surface area contributed by atoms with Crippen molar-refractivity contribution in [3.8, 4) is 11.5 Å². The Morgan fingerprint density at radius 2 is 1.79 bits per heavy atom. The number of benzene rings is 2. The molecule has 0 heterocycles. The van der Waals surface area contributed by atoms with E-state index in [9.17, 15) is 4.79 Å². The lowest BCUT2D eigenvalue weighted by molar-refractivity contribution is -0.116. The van der Waals surface area contributed by atoms with Crippen molar-refractivity contribution in [3.05, 3.63) is 54.1 Å². The highest BCUT2D eigenvalue weighted by Crippen LogP contribution is 2.29. The Balaban J connectivity index is 1.99. The van der Waals surface area contributed by atoms with E-state index in [1.807, 2.05) is 39.2 Å². The van der Waals surface area contributed by atoms with Gasteiger partial charge in [-0.15, -0.1) is 0 Å². The van der Waals surface area contributed by atoms with E-state index < -0.39 is 0 Å². The highest BCUT2D eigenvalue weighted by Gasteiger charge is 2.18. The Labute approximate surface area is 167 Å². The molecule has 28 heavy (non-hydrogen) atoms. The number of carbonyl (C=O) groups is 1. The van der Waals surface area contributed by atoms with Gasteiger partial charge in [0.25, 0.3) is 0 Å². The number of nitrogens with one attached hydrogen (secondary N) is 2. The zero-order valence-corrected chi connectivity index (χ0v) is 17.4. The van der Waals surface area contributed by atoms with E-state index in [1.165, 1.54) is 5.56 Å². The molecule has 0 spiro atoms. The molecule has 2 atom stereocenters. The van der Waals surface area contributed by atoms with E-state index in [-0.39, 0.29) is 18.0 Å². The van der Waals surface area contributed by atoms with Crippen LogP contribution in [0.3, 0.4) is 0 Å². The summed E-state index contributed by atoms with van der Waals surface area (Å²) in [6.45, 7) is 2.87. The minimum atomic E-state index is -0.0693. The van der Waals surface area contributed by atoms with E-state index in [1.54, 1.807) is 32.4 Å². The van der Waals surface area contributed by atoms with Crippen LogP contribution in [0, 0.1) is 0 Å². The number of anilines is 1. The summed E-state index contributed by atoms with van der Waals surface area (Å²) in [6, 6.07) is 15.8. The number of rotatable bonds is 10. The molecule has 2 N–H and O–H groups in total. The third-order valence-electron chi connectivity index (χ3n) is 4.41. The van der Waals surface area contributed by atoms with E-state index in [0.717, 1.165) is 6.54 Å². The van der Waals surface area contributed by atoms with Crippen LogP contribution in [0.1, 0.15) is 24.9 Å². The quantitative estimate of drug-likeness (QED) is 0.657. The number of likely N-dealkylation sites (N-methyl/N-ethyl adjacent to an activating group) is 1. The van der Waals surface area contributed by atoms with Crippen molar-refractivity contribution < 1.29 is 14.3 Å². The van der Waals surface area contributed by atoms with Crippen LogP contribution in [-0.4, -0.2) is 51.7 Å². The van der Waals surface area contributed by atoms with E-state index in [2.05, 4.69) is 27.7 Å². The predicted molar refractivity (Wildman–Crippen MR) is 113 cm³/mol. The van der Waals surface area contributed by atoms with Crippen LogP contribution < -0.4 is 20.1 Å². The first-order valence-electron chi connectivity index (χ1n) is 9.40. The molecule has 2 aromatic rings. The molecule has 0 aromatic heterocycles. The van der Waals surface area contributed by atoms with Crippen molar-refractivity contribution >= 4 is 11.6 Å². The first-order chi connectivity index (χ1) is 13.4. The maximum Gasteiger partial charge on any atom is 0.226 e. The average molecular weight is 386 g/mol. The van der Waals surface area contributed by atoms with E-state index in [4.69, 9.17) is 9.47 Å². The monoisotopic (exact) mass is 385 g/mol. The van der Waals surface area contributed by atoms with Crippen molar-refractivity contribution in [2.75, 3.05) is 40.2 Å². The number of hydrogen-bond donors (Lipinski definition) is 2. The average Bonchev–Trinajstić information content (AvgIpc) is 2.68. The molecular formula is C22H31N3O3. The standard InChI is InChI=1S/C22H31N3O3/c1-16(23-20(15-25(2)3)17-9-7-6-8-10-17)13-22(26)24-19-12-11-18(27-4)14-21(19)28-5/h6-12,14,16,20,23H,13,15H2,1-5H3,(H,24,26). The van der Waals surface area contributed by atoms with Gasteiger partial charge in [-0.25, -0.2) is 0 Å². The summed E-state index contributed by atoms with van der Waals surface area (Å²) in [6.07, 6.45) is 0.353. The van der Waals surface area contributed by atoms with Gasteiger partial charge in [0, 0.05) is 31.1 Å². The molecule has 6 heteroatoms. The van der Waals surface area contributed by atoms with Gasteiger partial charge in [0.05, 0.1) is 19.9 Å². The molecule has 2 unspecified atom stereocenters. The highest BCUT2D eigenvalue weighted by atomic mass is 16.5. The van der Waals surface area contributed by atoms with E-state index in [0.29, 0.717) is 23.6 Å². The fourth-order valence-corrected chi connectivity index (χ4v) is 3.09. The number of nitrogens with zero attached hydrogens (tertiary/aromatic N) is 1. The molecular weight excluding hydrogens is 354 g/mol. The normalized spacial score (nSPS) is 13.1. The lowest BCUT2D eigenvalue weighted by Crippen LogP contribution is -2.38. The summed E-state index contributed by atoms with van der Waals surface area (Å²) in [5, 5.41) is 6.50. The van der Waals surface area contributed by atoms with Crippen LogP contribution >= 0.6 is 0 Å². The van der Waals surface area contributed by atoms with Crippen LogP contribution in [0.25, 0.3) is 0 Å². The van der Waals surface area contributed by atoms with Gasteiger partial charge in [0.2, 0.25) is 5.91 Å². The molecule has 0 saturated heterocycles. The van der Waals surface area contributed by atoms with Gasteiger partial charge in [-0.05, 0) is 38.7 Å². The Morgan fingerprint density at radius 1 is 1.07 bits per heavy atom. The maximum atomic E-state index is 12.5. The summed E-state index contributed by atoms with van der Waals surface area (Å²) in [4.78, 5) is 14.7. The molecule has 0 fully saturated rings. The number of amides is 1. The minimum absolute atomic E-state index is 0.00870. The first kappa shape index (κ1) is 21.7.